The summed E-state index contributed by atoms with van der Waals surface area (Å²) in [6.07, 6.45) is 0. The van der Waals surface area contributed by atoms with Gasteiger partial charge in [-0.05, 0) is 30.8 Å². The van der Waals surface area contributed by atoms with Crippen LogP contribution in [0.4, 0.5) is 0 Å². The molecule has 1 unspecified atom stereocenters. The summed E-state index contributed by atoms with van der Waals surface area (Å²) in [5, 5.41) is 6.86. The van der Waals surface area contributed by atoms with Crippen LogP contribution in [0, 0.1) is 17.8 Å². The largest absolute Gasteiger partial charge is 0.316 e. The molecule has 2 aliphatic heterocycles. The molecule has 3 atom stereocenters. The Morgan fingerprint density at radius 2 is 1.69 bits per heavy atom. The lowest BCUT2D eigenvalue weighted by Gasteiger charge is -2.27. The summed E-state index contributed by atoms with van der Waals surface area (Å²) in [6.45, 7) is 8.88. The molecule has 13 heavy (non-hydrogen) atoms. The van der Waals surface area contributed by atoms with Crippen LogP contribution in [0.2, 0.25) is 0 Å². The maximum atomic E-state index is 3.46. The van der Waals surface area contributed by atoms with Crippen LogP contribution in [-0.2, 0) is 0 Å². The topological polar surface area (TPSA) is 27.3 Å². The molecule has 1 aliphatic carbocycles. The molecule has 3 nitrogen and oxygen atoms in total. The van der Waals surface area contributed by atoms with Gasteiger partial charge in [0.2, 0.25) is 0 Å². The normalized spacial score (nSPS) is 44.8. The number of fused-ring (bicyclic) bond motifs is 1. The maximum absolute atomic E-state index is 3.46. The average Bonchev–Trinajstić information content (AvgIpc) is 2.65. The van der Waals surface area contributed by atoms with Crippen LogP contribution in [0.25, 0.3) is 0 Å². The van der Waals surface area contributed by atoms with Crippen LogP contribution in [-0.4, -0.2) is 50.7 Å². The lowest BCUT2D eigenvalue weighted by atomic mass is 10.2. The van der Waals surface area contributed by atoms with Crippen molar-refractivity contribution in [3.8, 4) is 0 Å². The molecule has 0 spiro atoms. The molecule has 2 saturated heterocycles. The van der Waals surface area contributed by atoms with Crippen LogP contribution < -0.4 is 10.6 Å². The third-order valence-corrected chi connectivity index (χ3v) is 3.95. The Bertz CT molecular complexity index is 179. The van der Waals surface area contributed by atoms with Gasteiger partial charge in [0.15, 0.2) is 0 Å². The summed E-state index contributed by atoms with van der Waals surface area (Å²) < 4.78 is 0. The van der Waals surface area contributed by atoms with Crippen molar-refractivity contribution < 1.29 is 0 Å². The van der Waals surface area contributed by atoms with E-state index in [4.69, 9.17) is 0 Å². The standard InChI is InChI=1S/C10H19N3/c1-3-13(4-2-11-1)7-10-8-5-12-6-9(8)10/h8-12H,1-7H2/t8-,9+,10?. The Morgan fingerprint density at radius 1 is 1.00 bits per heavy atom. The molecule has 3 heteroatoms. The van der Waals surface area contributed by atoms with E-state index in [1.807, 2.05) is 0 Å². The van der Waals surface area contributed by atoms with E-state index in [0.29, 0.717) is 0 Å². The Hall–Kier alpha value is -0.120. The van der Waals surface area contributed by atoms with Crippen LogP contribution in [0.1, 0.15) is 0 Å². The summed E-state index contributed by atoms with van der Waals surface area (Å²) in [5.41, 5.74) is 0. The van der Waals surface area contributed by atoms with Crippen LogP contribution in [0.15, 0.2) is 0 Å². The first kappa shape index (κ1) is 8.21. The second-order valence-corrected chi connectivity index (χ2v) is 4.70. The highest BCUT2D eigenvalue weighted by atomic mass is 15.2. The summed E-state index contributed by atoms with van der Waals surface area (Å²) in [6, 6.07) is 0. The number of hydrogen-bond donors (Lipinski definition) is 2. The number of piperazine rings is 1. The van der Waals surface area contributed by atoms with Gasteiger partial charge in [0.05, 0.1) is 0 Å². The molecular weight excluding hydrogens is 162 g/mol. The second kappa shape index (κ2) is 3.23. The predicted molar refractivity (Wildman–Crippen MR) is 52.6 cm³/mol. The van der Waals surface area contributed by atoms with Gasteiger partial charge in [-0.15, -0.1) is 0 Å². The van der Waals surface area contributed by atoms with Crippen molar-refractivity contribution in [1.82, 2.24) is 15.5 Å². The van der Waals surface area contributed by atoms with E-state index in [-0.39, 0.29) is 0 Å². The Labute approximate surface area is 79.9 Å². The quantitative estimate of drug-likeness (QED) is 0.593. The van der Waals surface area contributed by atoms with Crippen molar-refractivity contribution >= 4 is 0 Å². The SMILES string of the molecule is C1CN(CC2[C@H]3CNC[C@@H]23)CCN1. The van der Waals surface area contributed by atoms with E-state index in [1.54, 1.807) is 0 Å². The van der Waals surface area contributed by atoms with Crippen molar-refractivity contribution in [3.63, 3.8) is 0 Å². The van der Waals surface area contributed by atoms with Crippen molar-refractivity contribution in [2.45, 2.75) is 0 Å². The molecule has 0 aromatic heterocycles. The molecule has 2 heterocycles. The van der Waals surface area contributed by atoms with Crippen LogP contribution in [0.5, 0.6) is 0 Å². The smallest absolute Gasteiger partial charge is 0.0107 e. The van der Waals surface area contributed by atoms with E-state index >= 15 is 0 Å². The fourth-order valence-electron chi connectivity index (χ4n) is 3.01. The first-order valence-electron chi connectivity index (χ1n) is 5.59. The molecule has 74 valence electrons. The Morgan fingerprint density at radius 3 is 2.38 bits per heavy atom. The number of hydrogen-bond acceptors (Lipinski definition) is 3. The Kier molecular flexibility index (Phi) is 2.04. The summed E-state index contributed by atoms with van der Waals surface area (Å²) in [5.74, 6) is 3.11. The van der Waals surface area contributed by atoms with E-state index in [2.05, 4.69) is 15.5 Å². The molecule has 0 aromatic carbocycles. The molecule has 0 bridgehead atoms. The third kappa shape index (κ3) is 1.49. The first-order valence-corrected chi connectivity index (χ1v) is 5.59. The molecule has 3 fully saturated rings. The maximum Gasteiger partial charge on any atom is 0.0107 e. The van der Waals surface area contributed by atoms with Crippen LogP contribution in [0.3, 0.4) is 0 Å². The minimum Gasteiger partial charge on any atom is -0.316 e. The van der Waals surface area contributed by atoms with Gasteiger partial charge in [0, 0.05) is 32.7 Å². The van der Waals surface area contributed by atoms with Gasteiger partial charge in [0.1, 0.15) is 0 Å². The van der Waals surface area contributed by atoms with E-state index in [1.165, 1.54) is 45.8 Å². The predicted octanol–water partition coefficient (Wildman–Crippen LogP) is -0.643. The second-order valence-electron chi connectivity index (χ2n) is 4.70. The van der Waals surface area contributed by atoms with E-state index in [9.17, 15) is 0 Å². The number of nitrogens with one attached hydrogen (secondary N) is 2. The van der Waals surface area contributed by atoms with Gasteiger partial charge in [-0.2, -0.15) is 0 Å². The van der Waals surface area contributed by atoms with Crippen LogP contribution >= 0.6 is 0 Å². The van der Waals surface area contributed by atoms with Gasteiger partial charge in [-0.3, -0.25) is 0 Å². The molecule has 2 N–H and O–H groups in total. The van der Waals surface area contributed by atoms with Gasteiger partial charge >= 0.3 is 0 Å². The van der Waals surface area contributed by atoms with Gasteiger partial charge in [-0.25, -0.2) is 0 Å². The molecule has 1 saturated carbocycles. The monoisotopic (exact) mass is 181 g/mol. The number of rotatable bonds is 2. The number of piperidine rings is 1. The molecule has 0 aromatic rings. The molecular formula is C10H19N3. The molecule has 0 amide bonds. The van der Waals surface area contributed by atoms with Crippen molar-refractivity contribution in [1.29, 1.82) is 0 Å². The molecule has 3 rings (SSSR count). The van der Waals surface area contributed by atoms with Crippen molar-refractivity contribution in [2.24, 2.45) is 17.8 Å². The summed E-state index contributed by atoms with van der Waals surface area (Å²) >= 11 is 0. The highest BCUT2D eigenvalue weighted by molar-refractivity contribution is 5.04. The van der Waals surface area contributed by atoms with Gasteiger partial charge in [-0.1, -0.05) is 0 Å². The molecule has 3 aliphatic rings. The zero-order chi connectivity index (χ0) is 8.67. The average molecular weight is 181 g/mol. The van der Waals surface area contributed by atoms with Crippen molar-refractivity contribution in [3.05, 3.63) is 0 Å². The highest BCUT2D eigenvalue weighted by Crippen LogP contribution is 2.48. The third-order valence-electron chi connectivity index (χ3n) is 3.95. The van der Waals surface area contributed by atoms with Crippen molar-refractivity contribution in [2.75, 3.05) is 45.8 Å². The zero-order valence-electron chi connectivity index (χ0n) is 8.13. The minimum absolute atomic E-state index is 1.04. The number of nitrogens with zero attached hydrogens (tertiary/aromatic N) is 1. The minimum atomic E-state index is 1.04. The highest BCUT2D eigenvalue weighted by Gasteiger charge is 2.52. The summed E-state index contributed by atoms with van der Waals surface area (Å²) in [4.78, 5) is 2.64. The first-order chi connectivity index (χ1) is 6.45. The van der Waals surface area contributed by atoms with E-state index < -0.39 is 0 Å². The zero-order valence-corrected chi connectivity index (χ0v) is 8.13. The Balaban J connectivity index is 1.47. The molecule has 0 radical (unpaired) electrons. The fraction of sp³-hybridized carbons (Fsp3) is 1.00. The van der Waals surface area contributed by atoms with Gasteiger partial charge < -0.3 is 15.5 Å². The fourth-order valence-corrected chi connectivity index (χ4v) is 3.01. The summed E-state index contributed by atoms with van der Waals surface area (Å²) in [7, 11) is 0. The van der Waals surface area contributed by atoms with Gasteiger partial charge in [0.25, 0.3) is 0 Å². The lowest BCUT2D eigenvalue weighted by Crippen LogP contribution is -2.44. The lowest BCUT2D eigenvalue weighted by molar-refractivity contribution is 0.223. The van der Waals surface area contributed by atoms with E-state index in [0.717, 1.165) is 17.8 Å².